The molecular weight excluding hydrogens is 378 g/mol. The van der Waals surface area contributed by atoms with E-state index in [-0.39, 0.29) is 17.5 Å². The molecule has 0 atom stereocenters. The van der Waals surface area contributed by atoms with Gasteiger partial charge in [-0.2, -0.15) is 10.2 Å². The van der Waals surface area contributed by atoms with E-state index in [1.165, 1.54) is 12.4 Å². The van der Waals surface area contributed by atoms with E-state index in [2.05, 4.69) is 20.7 Å². The van der Waals surface area contributed by atoms with Gasteiger partial charge >= 0.3 is 0 Å². The molecule has 0 fully saturated rings. The Morgan fingerprint density at radius 3 is 1.87 bits per heavy atom. The minimum atomic E-state index is -0.0399. The van der Waals surface area contributed by atoms with Crippen LogP contribution in [0.15, 0.2) is 88.1 Å². The highest BCUT2D eigenvalue weighted by atomic mass is 16.3. The average Bonchev–Trinajstić information content (AvgIpc) is 2.77. The predicted octanol–water partition coefficient (Wildman–Crippen LogP) is 3.68. The van der Waals surface area contributed by atoms with Crippen LogP contribution in [0.25, 0.3) is 21.5 Å². The van der Waals surface area contributed by atoms with Crippen molar-refractivity contribution in [2.45, 2.75) is 0 Å². The molecule has 0 unspecified atom stereocenters. The van der Waals surface area contributed by atoms with Gasteiger partial charge in [-0.05, 0) is 33.7 Å². The maximum absolute atomic E-state index is 10.1. The molecule has 0 saturated carbocycles. The monoisotopic (exact) mass is 397 g/mol. The molecule has 0 aliphatic carbocycles. The number of rotatable bonds is 4. The Labute approximate surface area is 172 Å². The number of benzene rings is 4. The third kappa shape index (κ3) is 3.90. The van der Waals surface area contributed by atoms with Crippen LogP contribution in [0.4, 0.5) is 0 Å². The van der Waals surface area contributed by atoms with Gasteiger partial charge in [-0.1, -0.05) is 60.7 Å². The number of fused-ring (bicyclic) bond motifs is 2. The molecule has 0 aromatic heterocycles. The van der Waals surface area contributed by atoms with Crippen LogP contribution in [0.5, 0.6) is 11.5 Å². The van der Waals surface area contributed by atoms with E-state index in [0.29, 0.717) is 11.1 Å². The minimum Gasteiger partial charge on any atom is -0.507 e. The van der Waals surface area contributed by atoms with Crippen molar-refractivity contribution in [3.63, 3.8) is 0 Å². The molecule has 5 N–H and O–H groups in total. The fourth-order valence-electron chi connectivity index (χ4n) is 3.17. The van der Waals surface area contributed by atoms with Gasteiger partial charge in [-0.3, -0.25) is 0 Å². The second-order valence-electron chi connectivity index (χ2n) is 6.54. The summed E-state index contributed by atoms with van der Waals surface area (Å²) in [5, 5.41) is 35.7. The van der Waals surface area contributed by atoms with Gasteiger partial charge in [0, 0.05) is 11.1 Å². The molecule has 0 aliphatic rings. The van der Waals surface area contributed by atoms with E-state index in [1.807, 2.05) is 60.7 Å². The Hall–Kier alpha value is -4.39. The topological polar surface area (TPSA) is 116 Å². The lowest BCUT2D eigenvalue weighted by Gasteiger charge is -2.05. The van der Waals surface area contributed by atoms with Crippen molar-refractivity contribution in [1.29, 1.82) is 0 Å². The summed E-state index contributed by atoms with van der Waals surface area (Å²) in [7, 11) is 0. The molecule has 4 rings (SSSR count). The van der Waals surface area contributed by atoms with E-state index in [4.69, 9.17) is 5.73 Å². The third-order valence-electron chi connectivity index (χ3n) is 4.62. The van der Waals surface area contributed by atoms with Gasteiger partial charge in [0.2, 0.25) is 5.96 Å². The zero-order valence-corrected chi connectivity index (χ0v) is 15.9. The Bertz CT molecular complexity index is 1310. The fraction of sp³-hybridized carbons (Fsp3) is 0. The van der Waals surface area contributed by atoms with Crippen molar-refractivity contribution in [2.24, 2.45) is 21.0 Å². The van der Waals surface area contributed by atoms with Gasteiger partial charge in [0.15, 0.2) is 0 Å². The molecule has 0 aliphatic heterocycles. The predicted molar refractivity (Wildman–Crippen MR) is 121 cm³/mol. The van der Waals surface area contributed by atoms with Crippen LogP contribution in [0.1, 0.15) is 11.1 Å². The molecule has 0 amide bonds. The van der Waals surface area contributed by atoms with E-state index >= 15 is 0 Å². The first kappa shape index (κ1) is 18.9. The standard InChI is InChI=1S/C23H19N5O2/c24-23(27-25-13-19-17-7-3-1-5-15(17)9-11-21(19)29)28-26-14-20-18-8-4-2-6-16(18)10-12-22(20)30/h1-14,29-30H,(H3,24,27,28). The molecule has 0 bridgehead atoms. The molecule has 7 nitrogen and oxygen atoms in total. The third-order valence-corrected chi connectivity index (χ3v) is 4.62. The van der Waals surface area contributed by atoms with Gasteiger partial charge in [0.25, 0.3) is 0 Å². The summed E-state index contributed by atoms with van der Waals surface area (Å²) >= 11 is 0. The second kappa shape index (κ2) is 8.32. The Balaban J connectivity index is 1.51. The Kier molecular flexibility index (Phi) is 5.25. The number of hydrazone groups is 1. The van der Waals surface area contributed by atoms with Crippen LogP contribution in [-0.4, -0.2) is 28.6 Å². The summed E-state index contributed by atoms with van der Waals surface area (Å²) in [5.74, 6) is 0.171. The van der Waals surface area contributed by atoms with Gasteiger partial charge < -0.3 is 15.9 Å². The van der Waals surface area contributed by atoms with Gasteiger partial charge in [-0.15, -0.1) is 5.10 Å². The summed E-state index contributed by atoms with van der Waals surface area (Å²) in [6.45, 7) is 0. The van der Waals surface area contributed by atoms with Crippen molar-refractivity contribution in [1.82, 2.24) is 5.43 Å². The molecule has 0 spiro atoms. The molecule has 4 aromatic carbocycles. The number of hydrogen-bond acceptors (Lipinski definition) is 5. The number of nitrogens with zero attached hydrogens (tertiary/aromatic N) is 3. The molecule has 7 heteroatoms. The molecule has 0 saturated heterocycles. The first-order valence-corrected chi connectivity index (χ1v) is 9.20. The van der Waals surface area contributed by atoms with Gasteiger partial charge in [0.05, 0.1) is 12.4 Å². The van der Waals surface area contributed by atoms with Crippen LogP contribution < -0.4 is 11.2 Å². The lowest BCUT2D eigenvalue weighted by Crippen LogP contribution is -2.26. The van der Waals surface area contributed by atoms with Crippen LogP contribution in [0.3, 0.4) is 0 Å². The zero-order chi connectivity index (χ0) is 20.9. The van der Waals surface area contributed by atoms with Crippen LogP contribution in [-0.2, 0) is 0 Å². The maximum atomic E-state index is 10.1. The van der Waals surface area contributed by atoms with Crippen molar-refractivity contribution in [3.05, 3.63) is 83.9 Å². The molecule has 0 radical (unpaired) electrons. The highest BCUT2D eigenvalue weighted by molar-refractivity contribution is 6.03. The Morgan fingerprint density at radius 2 is 1.27 bits per heavy atom. The number of nitrogens with two attached hydrogens (primary N) is 1. The lowest BCUT2D eigenvalue weighted by atomic mass is 10.0. The summed E-state index contributed by atoms with van der Waals surface area (Å²) < 4.78 is 0. The van der Waals surface area contributed by atoms with Crippen LogP contribution >= 0.6 is 0 Å². The van der Waals surface area contributed by atoms with Crippen molar-refractivity contribution >= 4 is 39.9 Å². The van der Waals surface area contributed by atoms with Crippen molar-refractivity contribution < 1.29 is 10.2 Å². The normalized spacial score (nSPS) is 12.3. The van der Waals surface area contributed by atoms with Crippen LogP contribution in [0.2, 0.25) is 0 Å². The largest absolute Gasteiger partial charge is 0.507 e. The number of hydrogen-bond donors (Lipinski definition) is 4. The van der Waals surface area contributed by atoms with Crippen molar-refractivity contribution in [3.8, 4) is 11.5 Å². The second-order valence-corrected chi connectivity index (χ2v) is 6.54. The summed E-state index contributed by atoms with van der Waals surface area (Å²) in [6.07, 6.45) is 2.91. The average molecular weight is 397 g/mol. The number of phenolic OH excluding ortho intramolecular Hbond substituents is 2. The van der Waals surface area contributed by atoms with Crippen LogP contribution in [0, 0.1) is 0 Å². The molecular formula is C23H19N5O2. The summed E-state index contributed by atoms with van der Waals surface area (Å²) in [6, 6.07) is 22.2. The molecule has 4 aromatic rings. The van der Waals surface area contributed by atoms with Gasteiger partial charge in [-0.25, -0.2) is 5.43 Å². The SMILES string of the molecule is N/C(=N\N=Cc1c(O)ccc2ccccc12)NN=Cc1c(O)ccc2ccccc12. The molecule has 30 heavy (non-hydrogen) atoms. The fourth-order valence-corrected chi connectivity index (χ4v) is 3.17. The highest BCUT2D eigenvalue weighted by Gasteiger charge is 2.05. The summed E-state index contributed by atoms with van der Waals surface area (Å²) in [5.41, 5.74) is 9.48. The Morgan fingerprint density at radius 1 is 0.733 bits per heavy atom. The molecule has 148 valence electrons. The van der Waals surface area contributed by atoms with Crippen molar-refractivity contribution in [2.75, 3.05) is 0 Å². The quantitative estimate of drug-likeness (QED) is 0.239. The maximum Gasteiger partial charge on any atom is 0.234 e. The van der Waals surface area contributed by atoms with E-state index in [9.17, 15) is 10.2 Å². The highest BCUT2D eigenvalue weighted by Crippen LogP contribution is 2.26. The number of nitrogens with one attached hydrogen (secondary N) is 1. The first-order chi connectivity index (χ1) is 14.6. The van der Waals surface area contributed by atoms with E-state index in [1.54, 1.807) is 12.1 Å². The summed E-state index contributed by atoms with van der Waals surface area (Å²) in [4.78, 5) is 0. The lowest BCUT2D eigenvalue weighted by molar-refractivity contribution is 0.475. The zero-order valence-electron chi connectivity index (χ0n) is 15.9. The molecule has 0 heterocycles. The van der Waals surface area contributed by atoms with E-state index in [0.717, 1.165) is 21.5 Å². The van der Waals surface area contributed by atoms with E-state index < -0.39 is 0 Å². The number of guanidine groups is 1. The number of phenols is 2. The number of aromatic hydroxyl groups is 2. The van der Waals surface area contributed by atoms with Gasteiger partial charge in [0.1, 0.15) is 11.5 Å². The smallest absolute Gasteiger partial charge is 0.234 e. The first-order valence-electron chi connectivity index (χ1n) is 9.20. The minimum absolute atomic E-state index is 0.0399.